The standard InChI is InChI=1S/C23H27N.C4H4N2/c1-24(2)15-5-6-17-9-12-21-19(16-17)11-14-22-20-8-4-3-7-18(20)10-13-23(21)22;1-2-6-4-3-5-1/h3-4,7-8,10-11,13-14,17H,5-6,9,12,15-16H2,1-2H3;1-4H. The topological polar surface area (TPSA) is 29.0 Å². The second-order valence-corrected chi connectivity index (χ2v) is 8.53. The molecule has 1 aromatic heterocycles. The number of aromatic nitrogens is 2. The van der Waals surface area contributed by atoms with Crippen molar-refractivity contribution in [2.24, 2.45) is 5.92 Å². The van der Waals surface area contributed by atoms with E-state index in [1.165, 1.54) is 60.2 Å². The first-order valence-electron chi connectivity index (χ1n) is 11.0. The maximum absolute atomic E-state index is 3.72. The van der Waals surface area contributed by atoms with Crippen LogP contribution in [0.3, 0.4) is 0 Å². The molecule has 0 amide bonds. The van der Waals surface area contributed by atoms with E-state index in [0.717, 1.165) is 5.92 Å². The minimum absolute atomic E-state index is 0.871. The normalized spacial score (nSPS) is 15.6. The smallest absolute Gasteiger partial charge is 0.0451 e. The second kappa shape index (κ2) is 9.82. The molecule has 3 nitrogen and oxygen atoms in total. The Labute approximate surface area is 179 Å². The maximum Gasteiger partial charge on any atom is 0.0451 e. The lowest BCUT2D eigenvalue weighted by Crippen LogP contribution is -2.18. The molecule has 0 aliphatic heterocycles. The number of rotatable bonds is 4. The number of fused-ring (bicyclic) bond motifs is 5. The average molecular weight is 398 g/mol. The quantitative estimate of drug-likeness (QED) is 0.401. The van der Waals surface area contributed by atoms with Crippen LogP contribution in [0.15, 0.2) is 73.3 Å². The molecule has 0 bridgehead atoms. The van der Waals surface area contributed by atoms with Gasteiger partial charge < -0.3 is 4.90 Å². The monoisotopic (exact) mass is 397 g/mol. The summed E-state index contributed by atoms with van der Waals surface area (Å²) in [5.74, 6) is 0.871. The van der Waals surface area contributed by atoms with E-state index in [1.54, 1.807) is 35.9 Å². The van der Waals surface area contributed by atoms with Crippen LogP contribution in [0.1, 0.15) is 30.4 Å². The zero-order chi connectivity index (χ0) is 20.8. The number of hydrogen-bond acceptors (Lipinski definition) is 3. The van der Waals surface area contributed by atoms with Crippen molar-refractivity contribution < 1.29 is 0 Å². The van der Waals surface area contributed by atoms with Gasteiger partial charge in [0.1, 0.15) is 0 Å². The van der Waals surface area contributed by atoms with Gasteiger partial charge in [0.2, 0.25) is 0 Å². The Morgan fingerprint density at radius 1 is 0.833 bits per heavy atom. The highest BCUT2D eigenvalue weighted by atomic mass is 15.0. The molecule has 3 aromatic carbocycles. The predicted octanol–water partition coefficient (Wildman–Crippen LogP) is 5.92. The zero-order valence-corrected chi connectivity index (χ0v) is 18.1. The summed E-state index contributed by atoms with van der Waals surface area (Å²) in [4.78, 5) is 9.75. The molecule has 4 aromatic rings. The van der Waals surface area contributed by atoms with Crippen molar-refractivity contribution in [1.29, 1.82) is 0 Å². The fourth-order valence-corrected chi connectivity index (χ4v) is 4.64. The van der Waals surface area contributed by atoms with Crippen molar-refractivity contribution in [2.45, 2.75) is 32.1 Å². The summed E-state index contributed by atoms with van der Waals surface area (Å²) < 4.78 is 0. The lowest BCUT2D eigenvalue weighted by Gasteiger charge is -2.26. The molecule has 1 heterocycles. The van der Waals surface area contributed by atoms with Crippen molar-refractivity contribution in [2.75, 3.05) is 20.6 Å². The van der Waals surface area contributed by atoms with E-state index in [1.807, 2.05) is 0 Å². The molecule has 0 fully saturated rings. The third-order valence-electron chi connectivity index (χ3n) is 6.14. The summed E-state index contributed by atoms with van der Waals surface area (Å²) in [5.41, 5.74) is 3.21. The van der Waals surface area contributed by atoms with E-state index in [4.69, 9.17) is 0 Å². The second-order valence-electron chi connectivity index (χ2n) is 8.53. The number of nitrogens with zero attached hydrogens (tertiary/aromatic N) is 3. The van der Waals surface area contributed by atoms with Crippen molar-refractivity contribution in [1.82, 2.24) is 14.9 Å². The molecule has 0 N–H and O–H groups in total. The first-order chi connectivity index (χ1) is 14.7. The molecule has 1 unspecified atom stereocenters. The molecule has 30 heavy (non-hydrogen) atoms. The van der Waals surface area contributed by atoms with Crippen LogP contribution in [-0.2, 0) is 12.8 Å². The summed E-state index contributed by atoms with van der Waals surface area (Å²) in [7, 11) is 4.35. The lowest BCUT2D eigenvalue weighted by atomic mass is 9.79. The van der Waals surface area contributed by atoms with Crippen LogP contribution in [0, 0.1) is 5.92 Å². The minimum Gasteiger partial charge on any atom is -0.309 e. The van der Waals surface area contributed by atoms with Crippen molar-refractivity contribution in [3.63, 3.8) is 0 Å². The van der Waals surface area contributed by atoms with Gasteiger partial charge in [0.15, 0.2) is 0 Å². The van der Waals surface area contributed by atoms with E-state index >= 15 is 0 Å². The van der Waals surface area contributed by atoms with Gasteiger partial charge in [0.25, 0.3) is 0 Å². The Morgan fingerprint density at radius 2 is 1.57 bits per heavy atom. The van der Waals surface area contributed by atoms with Gasteiger partial charge in [-0.05, 0) is 91.3 Å². The molecule has 3 heteroatoms. The predicted molar refractivity (Wildman–Crippen MR) is 127 cm³/mol. The van der Waals surface area contributed by atoms with Crippen LogP contribution >= 0.6 is 0 Å². The molecular formula is C27H31N3. The highest BCUT2D eigenvalue weighted by Crippen LogP contribution is 2.35. The van der Waals surface area contributed by atoms with Gasteiger partial charge in [-0.2, -0.15) is 0 Å². The van der Waals surface area contributed by atoms with Crippen LogP contribution in [-0.4, -0.2) is 35.5 Å². The molecule has 154 valence electrons. The molecule has 0 radical (unpaired) electrons. The van der Waals surface area contributed by atoms with Crippen LogP contribution in [0.25, 0.3) is 21.5 Å². The van der Waals surface area contributed by atoms with Gasteiger partial charge in [-0.3, -0.25) is 9.97 Å². The Balaban J connectivity index is 0.000000313. The van der Waals surface area contributed by atoms with Gasteiger partial charge >= 0.3 is 0 Å². The molecule has 0 saturated carbocycles. The summed E-state index contributed by atoms with van der Waals surface area (Å²) in [6.45, 7) is 1.22. The molecule has 0 saturated heterocycles. The van der Waals surface area contributed by atoms with Crippen LogP contribution in [0.4, 0.5) is 0 Å². The average Bonchev–Trinajstić information content (AvgIpc) is 2.80. The summed E-state index contributed by atoms with van der Waals surface area (Å²) >= 11 is 0. The zero-order valence-electron chi connectivity index (χ0n) is 18.1. The Morgan fingerprint density at radius 3 is 2.30 bits per heavy atom. The molecule has 5 rings (SSSR count). The first-order valence-corrected chi connectivity index (χ1v) is 11.0. The Bertz CT molecular complexity index is 1060. The first kappa shape index (κ1) is 20.5. The summed E-state index contributed by atoms with van der Waals surface area (Å²) in [6.07, 6.45) is 13.1. The van der Waals surface area contributed by atoms with Crippen LogP contribution in [0.2, 0.25) is 0 Å². The Hall–Kier alpha value is -2.78. The van der Waals surface area contributed by atoms with Gasteiger partial charge in [-0.25, -0.2) is 0 Å². The van der Waals surface area contributed by atoms with E-state index in [2.05, 4.69) is 77.5 Å². The van der Waals surface area contributed by atoms with E-state index in [-0.39, 0.29) is 0 Å². The highest BCUT2D eigenvalue weighted by molar-refractivity contribution is 6.08. The van der Waals surface area contributed by atoms with Crippen LogP contribution < -0.4 is 0 Å². The summed E-state index contributed by atoms with van der Waals surface area (Å²) in [5, 5.41) is 5.66. The van der Waals surface area contributed by atoms with Gasteiger partial charge in [-0.1, -0.05) is 48.5 Å². The van der Waals surface area contributed by atoms with Crippen molar-refractivity contribution in [3.8, 4) is 0 Å². The summed E-state index contributed by atoms with van der Waals surface area (Å²) in [6, 6.07) is 18.2. The molecular weight excluding hydrogens is 366 g/mol. The molecule has 0 spiro atoms. The van der Waals surface area contributed by atoms with Crippen molar-refractivity contribution in [3.05, 3.63) is 84.4 Å². The van der Waals surface area contributed by atoms with E-state index in [0.29, 0.717) is 0 Å². The fourth-order valence-electron chi connectivity index (χ4n) is 4.64. The minimum atomic E-state index is 0.871. The van der Waals surface area contributed by atoms with E-state index < -0.39 is 0 Å². The van der Waals surface area contributed by atoms with Gasteiger partial charge in [0.05, 0.1) is 0 Å². The molecule has 1 aliphatic carbocycles. The number of aryl methyl sites for hydroxylation is 1. The highest BCUT2D eigenvalue weighted by Gasteiger charge is 2.20. The van der Waals surface area contributed by atoms with Gasteiger partial charge in [0, 0.05) is 24.8 Å². The van der Waals surface area contributed by atoms with E-state index in [9.17, 15) is 0 Å². The lowest BCUT2D eigenvalue weighted by molar-refractivity contribution is 0.349. The fraction of sp³-hybridized carbons (Fsp3) is 0.333. The third kappa shape index (κ3) is 4.85. The molecule has 1 aliphatic rings. The van der Waals surface area contributed by atoms with Crippen LogP contribution in [0.5, 0.6) is 0 Å². The third-order valence-corrected chi connectivity index (χ3v) is 6.14. The largest absolute Gasteiger partial charge is 0.309 e. The SMILES string of the molecule is CN(C)CCCC1CCc2c(ccc3c2ccc2ccccc23)C1.c1cnccn1. The van der Waals surface area contributed by atoms with Gasteiger partial charge in [-0.15, -0.1) is 0 Å². The Kier molecular flexibility index (Phi) is 6.70. The number of hydrogen-bond donors (Lipinski definition) is 0. The number of benzene rings is 3. The van der Waals surface area contributed by atoms with Crippen molar-refractivity contribution >= 4 is 21.5 Å². The molecule has 1 atom stereocenters. The maximum atomic E-state index is 3.72.